The summed E-state index contributed by atoms with van der Waals surface area (Å²) in [6.45, 7) is 0. The first-order valence-electron chi connectivity index (χ1n) is 7.10. The van der Waals surface area contributed by atoms with Crippen LogP contribution in [-0.4, -0.2) is 43.6 Å². The molecule has 2 aliphatic rings. The van der Waals surface area contributed by atoms with E-state index in [1.54, 1.807) is 0 Å². The van der Waals surface area contributed by atoms with Crippen LogP contribution >= 0.6 is 0 Å². The lowest BCUT2D eigenvalue weighted by atomic mass is 9.85. The Bertz CT molecular complexity index is 669. The van der Waals surface area contributed by atoms with Gasteiger partial charge >= 0.3 is 33.4 Å². The predicted molar refractivity (Wildman–Crippen MR) is 65.1 cm³/mol. The van der Waals surface area contributed by atoms with E-state index < -0.39 is 51.3 Å². The third-order valence-corrected chi connectivity index (χ3v) is 5.84. The highest BCUT2D eigenvalue weighted by atomic mass is 32.2. The first-order chi connectivity index (χ1) is 11.5. The standard InChI is InChI=1S/C12H11F9O4S/c13-9(14,11(17,18)19)10(15,16)12(20,21)26(23,24)25-8-5-1-2-6(8)4-7(22)3-5/h5-6,8H,1-4H2/t5-,6+,8-. The normalized spacial score (nSPS) is 28.5. The number of carbonyl (C=O) groups is 1. The van der Waals surface area contributed by atoms with Crippen LogP contribution in [0.15, 0.2) is 0 Å². The smallest absolute Gasteiger partial charge is 0.300 e. The summed E-state index contributed by atoms with van der Waals surface area (Å²) in [5.74, 6) is -16.9. The van der Waals surface area contributed by atoms with Crippen molar-refractivity contribution >= 4 is 15.9 Å². The van der Waals surface area contributed by atoms with E-state index in [1.165, 1.54) is 0 Å². The van der Waals surface area contributed by atoms with E-state index in [0.717, 1.165) is 0 Å². The van der Waals surface area contributed by atoms with Gasteiger partial charge in [0, 0.05) is 12.8 Å². The molecule has 2 bridgehead atoms. The van der Waals surface area contributed by atoms with E-state index in [1.807, 2.05) is 0 Å². The van der Waals surface area contributed by atoms with Crippen LogP contribution in [0.4, 0.5) is 39.5 Å². The van der Waals surface area contributed by atoms with Gasteiger partial charge in [-0.05, 0) is 24.7 Å². The molecular formula is C12H11F9O4S. The summed E-state index contributed by atoms with van der Waals surface area (Å²) >= 11 is 0. The average molecular weight is 422 g/mol. The Morgan fingerprint density at radius 3 is 1.62 bits per heavy atom. The van der Waals surface area contributed by atoms with Crippen molar-refractivity contribution in [2.45, 2.75) is 55.1 Å². The van der Waals surface area contributed by atoms with Crippen LogP contribution in [0.5, 0.6) is 0 Å². The molecule has 0 aliphatic heterocycles. The van der Waals surface area contributed by atoms with Crippen LogP contribution in [-0.2, 0) is 19.1 Å². The van der Waals surface area contributed by atoms with Gasteiger partial charge in [-0.3, -0.25) is 8.98 Å². The molecule has 2 rings (SSSR count). The molecule has 0 radical (unpaired) electrons. The van der Waals surface area contributed by atoms with Crippen molar-refractivity contribution in [3.05, 3.63) is 0 Å². The third-order valence-electron chi connectivity index (χ3n) is 4.48. The minimum Gasteiger partial charge on any atom is -0.300 e. The number of halogens is 9. The molecule has 0 saturated heterocycles. The van der Waals surface area contributed by atoms with Crippen LogP contribution in [0.2, 0.25) is 0 Å². The molecule has 14 heteroatoms. The van der Waals surface area contributed by atoms with E-state index >= 15 is 0 Å². The summed E-state index contributed by atoms with van der Waals surface area (Å²) in [7, 11) is -6.88. The minimum atomic E-state index is -7.33. The quantitative estimate of drug-likeness (QED) is 0.503. The number of carbonyl (C=O) groups excluding carboxylic acids is 1. The molecule has 0 aromatic heterocycles. The molecule has 2 fully saturated rings. The fourth-order valence-corrected chi connectivity index (χ4v) is 4.30. The average Bonchev–Trinajstić information content (AvgIpc) is 2.68. The lowest BCUT2D eigenvalue weighted by Crippen LogP contribution is -2.63. The summed E-state index contributed by atoms with van der Waals surface area (Å²) in [6.07, 6.45) is -9.12. The van der Waals surface area contributed by atoms with Gasteiger partial charge in [-0.15, -0.1) is 0 Å². The maximum atomic E-state index is 13.6. The Balaban J connectivity index is 2.34. The van der Waals surface area contributed by atoms with Crippen LogP contribution in [0.1, 0.15) is 25.7 Å². The molecule has 0 spiro atoms. The molecule has 4 nitrogen and oxygen atoms in total. The Labute approximate surface area is 140 Å². The first-order valence-corrected chi connectivity index (χ1v) is 8.51. The van der Waals surface area contributed by atoms with Crippen molar-refractivity contribution in [3.8, 4) is 0 Å². The van der Waals surface area contributed by atoms with E-state index in [-0.39, 0.29) is 31.5 Å². The van der Waals surface area contributed by atoms with Crippen molar-refractivity contribution in [1.82, 2.24) is 0 Å². The van der Waals surface area contributed by atoms with E-state index in [9.17, 15) is 52.7 Å². The van der Waals surface area contributed by atoms with Crippen LogP contribution < -0.4 is 0 Å². The highest BCUT2D eigenvalue weighted by Crippen LogP contribution is 2.55. The largest absolute Gasteiger partial charge is 0.460 e. The van der Waals surface area contributed by atoms with Crippen molar-refractivity contribution in [3.63, 3.8) is 0 Å². The van der Waals surface area contributed by atoms with Crippen LogP contribution in [0.3, 0.4) is 0 Å². The Morgan fingerprint density at radius 2 is 1.23 bits per heavy atom. The predicted octanol–water partition coefficient (Wildman–Crippen LogP) is 3.52. The van der Waals surface area contributed by atoms with Gasteiger partial charge in [0.2, 0.25) is 0 Å². The first kappa shape index (κ1) is 21.3. The zero-order valence-electron chi connectivity index (χ0n) is 12.5. The number of fused-ring (bicyclic) bond motifs is 2. The second kappa shape index (κ2) is 5.97. The molecule has 0 N–H and O–H groups in total. The van der Waals surface area contributed by atoms with E-state index in [2.05, 4.69) is 4.18 Å². The number of Topliss-reactive ketones (excluding diaryl/α,β-unsaturated/α-hetero) is 1. The number of alkyl halides is 9. The van der Waals surface area contributed by atoms with Gasteiger partial charge in [0.1, 0.15) is 5.78 Å². The Kier molecular flexibility index (Phi) is 4.88. The summed E-state index contributed by atoms with van der Waals surface area (Å²) in [4.78, 5) is 11.3. The summed E-state index contributed by atoms with van der Waals surface area (Å²) in [5.41, 5.74) is 0. The number of rotatable bonds is 5. The third kappa shape index (κ3) is 2.98. The number of hydrogen-bond donors (Lipinski definition) is 0. The monoisotopic (exact) mass is 422 g/mol. The van der Waals surface area contributed by atoms with Gasteiger partial charge in [-0.2, -0.15) is 47.9 Å². The SMILES string of the molecule is O=C1C[C@H]2CC[C@@H](C1)[C@@H]2OS(=O)(=O)C(F)(F)C(F)(F)C(F)(F)C(F)(F)F. The van der Waals surface area contributed by atoms with Crippen molar-refractivity contribution in [2.24, 2.45) is 11.8 Å². The van der Waals surface area contributed by atoms with E-state index in [4.69, 9.17) is 0 Å². The van der Waals surface area contributed by atoms with Crippen LogP contribution in [0, 0.1) is 11.8 Å². The van der Waals surface area contributed by atoms with Gasteiger partial charge in [0.25, 0.3) is 0 Å². The fourth-order valence-electron chi connectivity index (χ4n) is 3.13. The fraction of sp³-hybridized carbons (Fsp3) is 0.917. The molecular weight excluding hydrogens is 411 g/mol. The molecule has 0 aromatic rings. The summed E-state index contributed by atoms with van der Waals surface area (Å²) in [6, 6.07) is 0. The molecule has 0 heterocycles. The zero-order valence-corrected chi connectivity index (χ0v) is 13.3. The minimum absolute atomic E-state index is 0.136. The molecule has 3 atom stereocenters. The molecule has 0 amide bonds. The number of hydrogen-bond acceptors (Lipinski definition) is 4. The lowest BCUT2D eigenvalue weighted by Gasteiger charge is -2.35. The van der Waals surface area contributed by atoms with Crippen molar-refractivity contribution in [1.29, 1.82) is 0 Å². The Morgan fingerprint density at radius 1 is 0.808 bits per heavy atom. The van der Waals surface area contributed by atoms with Gasteiger partial charge in [-0.25, -0.2) is 0 Å². The van der Waals surface area contributed by atoms with Gasteiger partial charge in [-0.1, -0.05) is 0 Å². The molecule has 2 aliphatic carbocycles. The number of ketones is 1. The second-order valence-corrected chi connectivity index (χ2v) is 7.84. The van der Waals surface area contributed by atoms with Gasteiger partial charge in [0.15, 0.2) is 0 Å². The van der Waals surface area contributed by atoms with Gasteiger partial charge in [0.05, 0.1) is 6.10 Å². The van der Waals surface area contributed by atoms with E-state index in [0.29, 0.717) is 0 Å². The molecule has 0 unspecified atom stereocenters. The highest BCUT2D eigenvalue weighted by molar-refractivity contribution is 7.87. The Hall–Kier alpha value is -1.05. The lowest BCUT2D eigenvalue weighted by molar-refractivity contribution is -0.383. The molecule has 0 aromatic carbocycles. The topological polar surface area (TPSA) is 60.4 Å². The van der Waals surface area contributed by atoms with Crippen molar-refractivity contribution in [2.75, 3.05) is 0 Å². The second-order valence-electron chi connectivity index (χ2n) is 6.22. The highest BCUT2D eigenvalue weighted by Gasteiger charge is 2.86. The molecule has 26 heavy (non-hydrogen) atoms. The zero-order chi connectivity index (χ0) is 20.3. The summed E-state index contributed by atoms with van der Waals surface area (Å²) in [5, 5.41) is -6.86. The molecule has 2 saturated carbocycles. The maximum absolute atomic E-state index is 13.6. The summed E-state index contributed by atoms with van der Waals surface area (Å²) < 4.78 is 142. The maximum Gasteiger partial charge on any atom is 0.460 e. The van der Waals surface area contributed by atoms with Crippen molar-refractivity contribution < 1.29 is 56.9 Å². The van der Waals surface area contributed by atoms with Crippen LogP contribution in [0.25, 0.3) is 0 Å². The molecule has 152 valence electrons. The van der Waals surface area contributed by atoms with Gasteiger partial charge < -0.3 is 0 Å².